The molecule has 3 heteroatoms. The number of nitrogens with one attached hydrogen (secondary N) is 1. The Balaban J connectivity index is 1.68. The lowest BCUT2D eigenvalue weighted by molar-refractivity contribution is 0.102. The molecule has 0 fully saturated rings. The lowest BCUT2D eigenvalue weighted by atomic mass is 9.91. The van der Waals surface area contributed by atoms with Gasteiger partial charge in [0.05, 0.1) is 12.8 Å². The fourth-order valence-electron chi connectivity index (χ4n) is 3.77. The molecule has 3 aromatic carbocycles. The first kappa shape index (κ1) is 17.3. The molecule has 136 valence electrons. The Morgan fingerprint density at radius 2 is 1.56 bits per heavy atom. The van der Waals surface area contributed by atoms with Crippen LogP contribution in [0, 0.1) is 0 Å². The topological polar surface area (TPSA) is 38.3 Å². The van der Waals surface area contributed by atoms with Crippen LogP contribution in [-0.2, 0) is 12.8 Å². The number of carbonyl (C=O) groups excluding carboxylic acids is 1. The van der Waals surface area contributed by atoms with Crippen molar-refractivity contribution in [2.24, 2.45) is 0 Å². The van der Waals surface area contributed by atoms with Gasteiger partial charge in [-0.05, 0) is 66.1 Å². The largest absolute Gasteiger partial charge is 0.495 e. The summed E-state index contributed by atoms with van der Waals surface area (Å²) in [4.78, 5) is 13.1. The summed E-state index contributed by atoms with van der Waals surface area (Å²) in [5.41, 5.74) is 6.00. The highest BCUT2D eigenvalue weighted by Gasteiger charge is 2.18. The zero-order valence-electron chi connectivity index (χ0n) is 15.5. The molecule has 1 aliphatic carbocycles. The molecular formula is C24H23NO2. The summed E-state index contributed by atoms with van der Waals surface area (Å²) in [6.45, 7) is 0. The highest BCUT2D eigenvalue weighted by Crippen LogP contribution is 2.33. The maximum absolute atomic E-state index is 13.1. The van der Waals surface area contributed by atoms with E-state index < -0.39 is 0 Å². The number of anilines is 1. The molecule has 0 aromatic heterocycles. The molecule has 0 spiro atoms. The Hall–Kier alpha value is -3.07. The van der Waals surface area contributed by atoms with Crippen LogP contribution < -0.4 is 10.1 Å². The van der Waals surface area contributed by atoms with Crippen LogP contribution in [-0.4, -0.2) is 13.0 Å². The fraction of sp³-hybridized carbons (Fsp3) is 0.208. The predicted molar refractivity (Wildman–Crippen MR) is 109 cm³/mol. The summed E-state index contributed by atoms with van der Waals surface area (Å²) in [5, 5.41) is 3.07. The van der Waals surface area contributed by atoms with E-state index in [4.69, 9.17) is 4.74 Å². The van der Waals surface area contributed by atoms with E-state index in [9.17, 15) is 4.79 Å². The molecule has 0 heterocycles. The number of amides is 1. The molecule has 1 amide bonds. The number of benzene rings is 3. The van der Waals surface area contributed by atoms with Crippen LogP contribution in [0.2, 0.25) is 0 Å². The zero-order valence-corrected chi connectivity index (χ0v) is 15.5. The van der Waals surface area contributed by atoms with E-state index >= 15 is 0 Å². The van der Waals surface area contributed by atoms with Crippen LogP contribution in [0.15, 0.2) is 66.7 Å². The first-order valence-corrected chi connectivity index (χ1v) is 9.42. The molecule has 3 aromatic rings. The standard InChI is InChI=1S/C24H23NO2/c1-27-23-16-19-12-6-5-11-18(19)15-22(23)25-24(26)21-14-8-7-13-20(21)17-9-3-2-4-10-17/h2-4,7-10,13-16H,5-6,11-12H2,1H3,(H,25,26). The van der Waals surface area contributed by atoms with Gasteiger partial charge in [0.2, 0.25) is 0 Å². The van der Waals surface area contributed by atoms with E-state index in [-0.39, 0.29) is 5.91 Å². The molecule has 0 radical (unpaired) electrons. The maximum atomic E-state index is 13.1. The van der Waals surface area contributed by atoms with Crippen molar-refractivity contribution in [3.8, 4) is 16.9 Å². The minimum atomic E-state index is -0.122. The van der Waals surface area contributed by atoms with Gasteiger partial charge in [-0.2, -0.15) is 0 Å². The van der Waals surface area contributed by atoms with Crippen molar-refractivity contribution >= 4 is 11.6 Å². The SMILES string of the molecule is COc1cc2c(cc1NC(=O)c1ccccc1-c1ccccc1)CCCC2. The van der Waals surface area contributed by atoms with Gasteiger partial charge in [0, 0.05) is 5.56 Å². The molecule has 0 saturated heterocycles. The molecule has 3 nitrogen and oxygen atoms in total. The molecule has 27 heavy (non-hydrogen) atoms. The second-order valence-corrected chi connectivity index (χ2v) is 6.89. The van der Waals surface area contributed by atoms with E-state index in [1.54, 1.807) is 7.11 Å². The van der Waals surface area contributed by atoms with E-state index in [1.807, 2.05) is 54.6 Å². The van der Waals surface area contributed by atoms with Crippen molar-refractivity contribution in [1.82, 2.24) is 0 Å². The van der Waals surface area contributed by atoms with Crippen LogP contribution in [0.5, 0.6) is 5.75 Å². The second-order valence-electron chi connectivity index (χ2n) is 6.89. The van der Waals surface area contributed by atoms with E-state index in [2.05, 4.69) is 17.4 Å². The van der Waals surface area contributed by atoms with Crippen LogP contribution >= 0.6 is 0 Å². The van der Waals surface area contributed by atoms with Crippen LogP contribution in [0.25, 0.3) is 11.1 Å². The van der Waals surface area contributed by atoms with Crippen LogP contribution in [0.4, 0.5) is 5.69 Å². The maximum Gasteiger partial charge on any atom is 0.256 e. The first-order chi connectivity index (χ1) is 13.3. The number of carbonyl (C=O) groups is 1. The summed E-state index contributed by atoms with van der Waals surface area (Å²) >= 11 is 0. The minimum absolute atomic E-state index is 0.122. The molecular weight excluding hydrogens is 334 g/mol. The first-order valence-electron chi connectivity index (χ1n) is 9.42. The number of ether oxygens (including phenoxy) is 1. The minimum Gasteiger partial charge on any atom is -0.495 e. The Kier molecular flexibility index (Phi) is 4.93. The zero-order chi connectivity index (χ0) is 18.6. The van der Waals surface area contributed by atoms with E-state index in [0.29, 0.717) is 5.56 Å². The number of hydrogen-bond donors (Lipinski definition) is 1. The number of methoxy groups -OCH3 is 1. The van der Waals surface area contributed by atoms with Gasteiger partial charge in [0.1, 0.15) is 5.75 Å². The third-order valence-corrected chi connectivity index (χ3v) is 5.17. The van der Waals surface area contributed by atoms with Gasteiger partial charge in [0.15, 0.2) is 0 Å². The molecule has 4 rings (SSSR count). The third kappa shape index (κ3) is 3.59. The van der Waals surface area contributed by atoms with Crippen molar-refractivity contribution in [3.05, 3.63) is 83.4 Å². The summed E-state index contributed by atoms with van der Waals surface area (Å²) in [5.74, 6) is 0.602. The fourth-order valence-corrected chi connectivity index (χ4v) is 3.77. The average Bonchev–Trinajstić information content (AvgIpc) is 2.74. The lowest BCUT2D eigenvalue weighted by Crippen LogP contribution is -2.15. The molecule has 0 unspecified atom stereocenters. The molecule has 0 atom stereocenters. The number of hydrogen-bond acceptors (Lipinski definition) is 2. The molecule has 0 aliphatic heterocycles. The van der Waals surface area contributed by atoms with Gasteiger partial charge in [-0.15, -0.1) is 0 Å². The monoisotopic (exact) mass is 357 g/mol. The van der Waals surface area contributed by atoms with Crippen molar-refractivity contribution in [1.29, 1.82) is 0 Å². The second kappa shape index (κ2) is 7.67. The Morgan fingerprint density at radius 1 is 0.889 bits per heavy atom. The quantitative estimate of drug-likeness (QED) is 0.670. The number of aryl methyl sites for hydroxylation is 2. The van der Waals surface area contributed by atoms with Gasteiger partial charge in [-0.25, -0.2) is 0 Å². The highest BCUT2D eigenvalue weighted by molar-refractivity contribution is 6.09. The number of rotatable bonds is 4. The summed E-state index contributed by atoms with van der Waals surface area (Å²) in [6.07, 6.45) is 4.55. The predicted octanol–water partition coefficient (Wildman–Crippen LogP) is 5.49. The van der Waals surface area contributed by atoms with Gasteiger partial charge >= 0.3 is 0 Å². The Bertz CT molecular complexity index is 963. The van der Waals surface area contributed by atoms with Crippen molar-refractivity contribution in [2.45, 2.75) is 25.7 Å². The third-order valence-electron chi connectivity index (χ3n) is 5.17. The summed E-state index contributed by atoms with van der Waals surface area (Å²) in [6, 6.07) is 21.8. The van der Waals surface area contributed by atoms with E-state index in [0.717, 1.165) is 35.4 Å². The molecule has 1 aliphatic rings. The molecule has 0 bridgehead atoms. The van der Waals surface area contributed by atoms with E-state index in [1.165, 1.54) is 24.0 Å². The van der Waals surface area contributed by atoms with Crippen molar-refractivity contribution in [2.75, 3.05) is 12.4 Å². The Labute approximate surface area is 160 Å². The molecule has 1 N–H and O–H groups in total. The Morgan fingerprint density at radius 3 is 2.30 bits per heavy atom. The molecule has 0 saturated carbocycles. The summed E-state index contributed by atoms with van der Waals surface area (Å²) in [7, 11) is 1.65. The average molecular weight is 357 g/mol. The number of fused-ring (bicyclic) bond motifs is 1. The van der Waals surface area contributed by atoms with Gasteiger partial charge in [-0.1, -0.05) is 48.5 Å². The van der Waals surface area contributed by atoms with Crippen molar-refractivity contribution in [3.63, 3.8) is 0 Å². The van der Waals surface area contributed by atoms with Gasteiger partial charge in [0.25, 0.3) is 5.91 Å². The lowest BCUT2D eigenvalue weighted by Gasteiger charge is -2.20. The van der Waals surface area contributed by atoms with Crippen LogP contribution in [0.1, 0.15) is 34.3 Å². The smallest absolute Gasteiger partial charge is 0.256 e. The summed E-state index contributed by atoms with van der Waals surface area (Å²) < 4.78 is 5.55. The highest BCUT2D eigenvalue weighted by atomic mass is 16.5. The van der Waals surface area contributed by atoms with Gasteiger partial charge in [-0.3, -0.25) is 4.79 Å². The normalized spacial score (nSPS) is 12.9. The van der Waals surface area contributed by atoms with Crippen LogP contribution in [0.3, 0.4) is 0 Å². The van der Waals surface area contributed by atoms with Gasteiger partial charge < -0.3 is 10.1 Å². The van der Waals surface area contributed by atoms with Crippen molar-refractivity contribution < 1.29 is 9.53 Å².